The molecule has 0 unspecified atom stereocenters. The fourth-order valence-electron chi connectivity index (χ4n) is 3.41. The van der Waals surface area contributed by atoms with E-state index in [1.54, 1.807) is 17.0 Å². The Morgan fingerprint density at radius 1 is 1.19 bits per heavy atom. The molecule has 1 spiro atoms. The highest BCUT2D eigenvalue weighted by atomic mass is 35.5. The Bertz CT molecular complexity index is 832. The maximum Gasteiger partial charge on any atom is 0.292 e. The molecule has 1 fully saturated rings. The standard InChI is InChI=1S/C20H20ClNO4/c1-14-5-2-3-6-18(14)24-12-9-22-17-8-7-15(21)13-16(17)20(19(22)23)25-10-4-11-26-20/h2-3,5-8,13H,4,9-12H2,1H3. The van der Waals surface area contributed by atoms with Crippen molar-refractivity contribution >= 4 is 23.2 Å². The van der Waals surface area contributed by atoms with Gasteiger partial charge in [0.15, 0.2) is 0 Å². The quantitative estimate of drug-likeness (QED) is 0.820. The number of aryl methyl sites for hydroxylation is 1. The average molecular weight is 374 g/mol. The first-order chi connectivity index (χ1) is 12.6. The average Bonchev–Trinajstić information content (AvgIpc) is 2.86. The Kier molecular flexibility index (Phi) is 4.61. The van der Waals surface area contributed by atoms with E-state index in [0.29, 0.717) is 37.0 Å². The highest BCUT2D eigenvalue weighted by molar-refractivity contribution is 6.31. The Labute approximate surface area is 157 Å². The minimum atomic E-state index is -1.37. The molecule has 0 radical (unpaired) electrons. The van der Waals surface area contributed by atoms with Gasteiger partial charge in [0.2, 0.25) is 0 Å². The summed E-state index contributed by atoms with van der Waals surface area (Å²) in [6.45, 7) is 3.72. The molecule has 0 bridgehead atoms. The number of rotatable bonds is 4. The maximum atomic E-state index is 13.1. The summed E-state index contributed by atoms with van der Waals surface area (Å²) < 4.78 is 17.5. The number of carbonyl (C=O) groups is 1. The van der Waals surface area contributed by atoms with Crippen molar-refractivity contribution in [2.24, 2.45) is 0 Å². The SMILES string of the molecule is Cc1ccccc1OCCN1C(=O)C2(OCCCO2)c2cc(Cl)ccc21. The third-order valence-corrected chi connectivity index (χ3v) is 4.93. The van der Waals surface area contributed by atoms with Crippen LogP contribution in [0.25, 0.3) is 0 Å². The zero-order valence-corrected chi connectivity index (χ0v) is 15.3. The van der Waals surface area contributed by atoms with E-state index >= 15 is 0 Å². The summed E-state index contributed by atoms with van der Waals surface area (Å²) in [5.74, 6) is -0.778. The monoisotopic (exact) mass is 373 g/mol. The number of hydrogen-bond acceptors (Lipinski definition) is 4. The lowest BCUT2D eigenvalue weighted by Crippen LogP contribution is -2.48. The zero-order chi connectivity index (χ0) is 18.1. The van der Waals surface area contributed by atoms with Crippen LogP contribution in [-0.4, -0.2) is 32.3 Å². The molecule has 136 valence electrons. The first kappa shape index (κ1) is 17.3. The van der Waals surface area contributed by atoms with E-state index in [-0.39, 0.29) is 5.91 Å². The van der Waals surface area contributed by atoms with Gasteiger partial charge in [0.25, 0.3) is 11.7 Å². The molecule has 0 aromatic heterocycles. The number of halogens is 1. The molecule has 2 aliphatic heterocycles. The highest BCUT2D eigenvalue weighted by Crippen LogP contribution is 2.46. The molecule has 1 amide bonds. The minimum absolute atomic E-state index is 0.220. The van der Waals surface area contributed by atoms with Crippen LogP contribution in [0, 0.1) is 6.92 Å². The molecular formula is C20H20ClNO4. The van der Waals surface area contributed by atoms with E-state index < -0.39 is 5.79 Å². The predicted octanol–water partition coefficient (Wildman–Crippen LogP) is 3.66. The van der Waals surface area contributed by atoms with Gasteiger partial charge in [-0.25, -0.2) is 0 Å². The van der Waals surface area contributed by atoms with Crippen molar-refractivity contribution in [3.05, 3.63) is 58.6 Å². The summed E-state index contributed by atoms with van der Waals surface area (Å²) in [6.07, 6.45) is 0.765. The Hall–Kier alpha value is -2.08. The normalized spacial score (nSPS) is 18.2. The second-order valence-electron chi connectivity index (χ2n) is 6.40. The topological polar surface area (TPSA) is 48.0 Å². The van der Waals surface area contributed by atoms with Crippen LogP contribution < -0.4 is 9.64 Å². The van der Waals surface area contributed by atoms with Gasteiger partial charge in [-0.05, 0) is 43.2 Å². The molecular weight excluding hydrogens is 354 g/mol. The molecule has 2 aromatic rings. The van der Waals surface area contributed by atoms with Gasteiger partial charge >= 0.3 is 0 Å². The van der Waals surface area contributed by atoms with Crippen LogP contribution in [0.4, 0.5) is 5.69 Å². The first-order valence-electron chi connectivity index (χ1n) is 8.70. The zero-order valence-electron chi connectivity index (χ0n) is 14.5. The van der Waals surface area contributed by atoms with Gasteiger partial charge in [-0.1, -0.05) is 29.8 Å². The predicted molar refractivity (Wildman–Crippen MR) is 98.7 cm³/mol. The fourth-order valence-corrected chi connectivity index (χ4v) is 3.58. The van der Waals surface area contributed by atoms with Crippen LogP contribution in [0.3, 0.4) is 0 Å². The van der Waals surface area contributed by atoms with Crippen molar-refractivity contribution in [1.82, 2.24) is 0 Å². The van der Waals surface area contributed by atoms with Crippen molar-refractivity contribution in [3.63, 3.8) is 0 Å². The molecule has 26 heavy (non-hydrogen) atoms. The smallest absolute Gasteiger partial charge is 0.292 e. The lowest BCUT2D eigenvalue weighted by molar-refractivity contribution is -0.256. The fraction of sp³-hybridized carbons (Fsp3) is 0.350. The van der Waals surface area contributed by atoms with Crippen LogP contribution in [0.5, 0.6) is 5.75 Å². The van der Waals surface area contributed by atoms with E-state index in [9.17, 15) is 4.79 Å². The first-order valence-corrected chi connectivity index (χ1v) is 9.08. The number of nitrogens with zero attached hydrogens (tertiary/aromatic N) is 1. The number of fused-ring (bicyclic) bond motifs is 2. The number of amides is 1. The Balaban J connectivity index is 1.57. The van der Waals surface area contributed by atoms with Gasteiger partial charge in [0, 0.05) is 10.6 Å². The number of carbonyl (C=O) groups excluding carboxylic acids is 1. The largest absolute Gasteiger partial charge is 0.491 e. The summed E-state index contributed by atoms with van der Waals surface area (Å²) in [6, 6.07) is 13.2. The van der Waals surface area contributed by atoms with Gasteiger partial charge in [-0.2, -0.15) is 0 Å². The highest BCUT2D eigenvalue weighted by Gasteiger charge is 2.54. The molecule has 1 saturated heterocycles. The second kappa shape index (κ2) is 6.91. The lowest BCUT2D eigenvalue weighted by atomic mass is 10.1. The van der Waals surface area contributed by atoms with Gasteiger partial charge < -0.3 is 19.1 Å². The molecule has 0 atom stereocenters. The van der Waals surface area contributed by atoms with E-state index in [1.807, 2.05) is 37.3 Å². The summed E-state index contributed by atoms with van der Waals surface area (Å²) in [4.78, 5) is 14.8. The lowest BCUT2D eigenvalue weighted by Gasteiger charge is -2.32. The molecule has 2 heterocycles. The van der Waals surface area contributed by atoms with Crippen LogP contribution in [0.15, 0.2) is 42.5 Å². The molecule has 2 aliphatic rings. The number of hydrogen-bond donors (Lipinski definition) is 0. The number of ether oxygens (including phenoxy) is 3. The van der Waals surface area contributed by atoms with Gasteiger partial charge in [-0.15, -0.1) is 0 Å². The van der Waals surface area contributed by atoms with Crippen LogP contribution >= 0.6 is 11.6 Å². The van der Waals surface area contributed by atoms with E-state index in [4.69, 9.17) is 25.8 Å². The summed E-state index contributed by atoms with van der Waals surface area (Å²) in [7, 11) is 0. The molecule has 4 rings (SSSR count). The molecule has 0 N–H and O–H groups in total. The van der Waals surface area contributed by atoms with Crippen molar-refractivity contribution in [1.29, 1.82) is 0 Å². The van der Waals surface area contributed by atoms with Gasteiger partial charge in [0.05, 0.1) is 25.4 Å². The maximum absolute atomic E-state index is 13.1. The van der Waals surface area contributed by atoms with E-state index in [2.05, 4.69) is 0 Å². The van der Waals surface area contributed by atoms with Crippen molar-refractivity contribution < 1.29 is 19.0 Å². The number of benzene rings is 2. The number of para-hydroxylation sites is 1. The minimum Gasteiger partial charge on any atom is -0.491 e. The summed E-state index contributed by atoms with van der Waals surface area (Å²) >= 11 is 6.16. The second-order valence-corrected chi connectivity index (χ2v) is 6.84. The molecule has 0 saturated carbocycles. The van der Waals surface area contributed by atoms with Crippen molar-refractivity contribution in [2.45, 2.75) is 19.1 Å². The van der Waals surface area contributed by atoms with Gasteiger partial charge in [-0.3, -0.25) is 4.79 Å². The van der Waals surface area contributed by atoms with Crippen molar-refractivity contribution in [2.75, 3.05) is 31.3 Å². The Morgan fingerprint density at radius 2 is 1.96 bits per heavy atom. The van der Waals surface area contributed by atoms with E-state index in [0.717, 1.165) is 23.4 Å². The van der Waals surface area contributed by atoms with Crippen LogP contribution in [0.1, 0.15) is 17.5 Å². The molecule has 5 nitrogen and oxygen atoms in total. The number of anilines is 1. The molecule has 2 aromatic carbocycles. The summed E-state index contributed by atoms with van der Waals surface area (Å²) in [5.41, 5.74) is 2.49. The third kappa shape index (κ3) is 2.86. The van der Waals surface area contributed by atoms with E-state index in [1.165, 1.54) is 0 Å². The Morgan fingerprint density at radius 3 is 2.73 bits per heavy atom. The van der Waals surface area contributed by atoms with Crippen LogP contribution in [0.2, 0.25) is 5.02 Å². The summed E-state index contributed by atoms with van der Waals surface area (Å²) in [5, 5.41) is 0.548. The molecule has 6 heteroatoms. The van der Waals surface area contributed by atoms with Crippen LogP contribution in [-0.2, 0) is 20.1 Å². The third-order valence-electron chi connectivity index (χ3n) is 4.70. The van der Waals surface area contributed by atoms with Gasteiger partial charge in [0.1, 0.15) is 12.4 Å². The molecule has 0 aliphatic carbocycles. The van der Waals surface area contributed by atoms with Crippen molar-refractivity contribution in [3.8, 4) is 5.75 Å².